The summed E-state index contributed by atoms with van der Waals surface area (Å²) in [6.07, 6.45) is 0. The maximum absolute atomic E-state index is 12.7. The molecule has 0 bridgehead atoms. The maximum atomic E-state index is 12.7. The molecule has 0 fully saturated rings. The first-order chi connectivity index (χ1) is 5.82. The Morgan fingerprint density at radius 2 is 1.85 bits per heavy atom. The van der Waals surface area contributed by atoms with Crippen LogP contribution in [0.2, 0.25) is 0 Å². The van der Waals surface area contributed by atoms with Crippen molar-refractivity contribution in [1.82, 2.24) is 0 Å². The first-order valence-corrected chi connectivity index (χ1v) is 4.85. The molecular formula is C7H7F2NO2S. The van der Waals surface area contributed by atoms with Crippen LogP contribution in [0.5, 0.6) is 0 Å². The van der Waals surface area contributed by atoms with Crippen LogP contribution in [0.4, 0.5) is 8.78 Å². The monoisotopic (exact) mass is 207 g/mol. The fraction of sp³-hybridized carbons (Fsp3) is 0.143. The Labute approximate surface area is 74.2 Å². The van der Waals surface area contributed by atoms with E-state index in [9.17, 15) is 17.2 Å². The highest BCUT2D eigenvalue weighted by Gasteiger charge is 2.13. The Morgan fingerprint density at radius 3 is 2.23 bits per heavy atom. The molecule has 0 heterocycles. The van der Waals surface area contributed by atoms with E-state index in [4.69, 9.17) is 5.14 Å². The molecule has 0 saturated carbocycles. The van der Waals surface area contributed by atoms with E-state index in [0.717, 1.165) is 6.07 Å². The molecule has 0 saturated heterocycles. The van der Waals surface area contributed by atoms with Gasteiger partial charge in [-0.25, -0.2) is 22.3 Å². The molecule has 13 heavy (non-hydrogen) atoms. The molecule has 0 spiro atoms. The zero-order chi connectivity index (χ0) is 10.2. The fourth-order valence-corrected chi connectivity index (χ4v) is 1.47. The van der Waals surface area contributed by atoms with Gasteiger partial charge in [0, 0.05) is 0 Å². The van der Waals surface area contributed by atoms with Crippen LogP contribution in [-0.4, -0.2) is 8.42 Å². The minimum absolute atomic E-state index is 0.0935. The average molecular weight is 207 g/mol. The molecule has 0 aromatic heterocycles. The summed E-state index contributed by atoms with van der Waals surface area (Å²) in [7, 11) is -3.97. The van der Waals surface area contributed by atoms with Crippen molar-refractivity contribution in [2.45, 2.75) is 11.8 Å². The Balaban J connectivity index is 3.47. The second-order valence-corrected chi connectivity index (χ2v) is 4.14. The van der Waals surface area contributed by atoms with Gasteiger partial charge in [0.15, 0.2) is 11.6 Å². The lowest BCUT2D eigenvalue weighted by molar-refractivity contribution is 0.499. The molecule has 0 amide bonds. The minimum atomic E-state index is -3.97. The van der Waals surface area contributed by atoms with Crippen molar-refractivity contribution in [2.24, 2.45) is 5.14 Å². The van der Waals surface area contributed by atoms with Crippen molar-refractivity contribution < 1.29 is 17.2 Å². The number of sulfonamides is 1. The van der Waals surface area contributed by atoms with E-state index in [1.54, 1.807) is 0 Å². The van der Waals surface area contributed by atoms with Gasteiger partial charge >= 0.3 is 0 Å². The van der Waals surface area contributed by atoms with E-state index in [2.05, 4.69) is 0 Å². The third-order valence-corrected chi connectivity index (χ3v) is 2.40. The van der Waals surface area contributed by atoms with Crippen LogP contribution in [0, 0.1) is 18.6 Å². The number of nitrogens with two attached hydrogens (primary N) is 1. The highest BCUT2D eigenvalue weighted by molar-refractivity contribution is 7.89. The van der Waals surface area contributed by atoms with E-state index in [-0.39, 0.29) is 5.56 Å². The van der Waals surface area contributed by atoms with Crippen LogP contribution in [0.25, 0.3) is 0 Å². The topological polar surface area (TPSA) is 60.2 Å². The van der Waals surface area contributed by atoms with Crippen LogP contribution >= 0.6 is 0 Å². The van der Waals surface area contributed by atoms with Gasteiger partial charge < -0.3 is 0 Å². The van der Waals surface area contributed by atoms with Crippen molar-refractivity contribution in [3.63, 3.8) is 0 Å². The quantitative estimate of drug-likeness (QED) is 0.744. The molecule has 0 atom stereocenters. The second kappa shape index (κ2) is 3.04. The van der Waals surface area contributed by atoms with Gasteiger partial charge in [0.1, 0.15) is 0 Å². The molecule has 1 aromatic rings. The number of aryl methyl sites for hydroxylation is 1. The van der Waals surface area contributed by atoms with Crippen molar-refractivity contribution in [1.29, 1.82) is 0 Å². The fourth-order valence-electron chi connectivity index (χ4n) is 0.859. The zero-order valence-corrected chi connectivity index (χ0v) is 7.53. The molecule has 72 valence electrons. The summed E-state index contributed by atoms with van der Waals surface area (Å²) in [4.78, 5) is -0.427. The van der Waals surface area contributed by atoms with Gasteiger partial charge in [0.05, 0.1) is 4.90 Å². The molecule has 2 N–H and O–H groups in total. The summed E-state index contributed by atoms with van der Waals surface area (Å²) in [6, 6.07) is 1.53. The Morgan fingerprint density at radius 1 is 1.31 bits per heavy atom. The summed E-state index contributed by atoms with van der Waals surface area (Å²) in [5.74, 6) is -2.28. The first-order valence-electron chi connectivity index (χ1n) is 3.31. The van der Waals surface area contributed by atoms with Gasteiger partial charge in [0.25, 0.3) is 0 Å². The number of benzene rings is 1. The lowest BCUT2D eigenvalue weighted by Crippen LogP contribution is -2.13. The predicted molar refractivity (Wildman–Crippen MR) is 42.5 cm³/mol. The molecule has 6 heteroatoms. The summed E-state index contributed by atoms with van der Waals surface area (Å²) >= 11 is 0. The lowest BCUT2D eigenvalue weighted by Gasteiger charge is -2.01. The molecule has 1 aromatic carbocycles. The SMILES string of the molecule is Cc1cc(S(N)(=O)=O)cc(F)c1F. The van der Waals surface area contributed by atoms with Gasteiger partial charge in [0.2, 0.25) is 10.0 Å². The summed E-state index contributed by atoms with van der Waals surface area (Å²) < 4.78 is 46.8. The van der Waals surface area contributed by atoms with E-state index >= 15 is 0 Å². The van der Waals surface area contributed by atoms with Gasteiger partial charge in [-0.3, -0.25) is 0 Å². The normalized spacial score (nSPS) is 11.7. The summed E-state index contributed by atoms with van der Waals surface area (Å²) in [6.45, 7) is 1.26. The van der Waals surface area contributed by atoms with Gasteiger partial charge in [-0.2, -0.15) is 0 Å². The summed E-state index contributed by atoms with van der Waals surface area (Å²) in [5.41, 5.74) is -0.0935. The van der Waals surface area contributed by atoms with Crippen LogP contribution in [0.1, 0.15) is 5.56 Å². The predicted octanol–water partition coefficient (Wildman–Crippen LogP) is 0.921. The van der Waals surface area contributed by atoms with Crippen molar-refractivity contribution in [3.8, 4) is 0 Å². The number of primary sulfonamides is 1. The lowest BCUT2D eigenvalue weighted by atomic mass is 10.2. The highest BCUT2D eigenvalue weighted by Crippen LogP contribution is 2.16. The second-order valence-electron chi connectivity index (χ2n) is 2.58. The smallest absolute Gasteiger partial charge is 0.225 e. The van der Waals surface area contributed by atoms with Crippen LogP contribution in [0.15, 0.2) is 17.0 Å². The van der Waals surface area contributed by atoms with Gasteiger partial charge in [-0.15, -0.1) is 0 Å². The van der Waals surface area contributed by atoms with Crippen LogP contribution in [-0.2, 0) is 10.0 Å². The number of rotatable bonds is 1. The van der Waals surface area contributed by atoms with Crippen LogP contribution in [0.3, 0.4) is 0 Å². The van der Waals surface area contributed by atoms with E-state index < -0.39 is 26.6 Å². The Hall–Kier alpha value is -1.01. The first kappa shape index (κ1) is 10.1. The molecule has 0 unspecified atom stereocenters. The van der Waals surface area contributed by atoms with E-state index in [1.807, 2.05) is 0 Å². The van der Waals surface area contributed by atoms with Crippen molar-refractivity contribution in [3.05, 3.63) is 29.3 Å². The molecule has 3 nitrogen and oxygen atoms in total. The summed E-state index contributed by atoms with van der Waals surface area (Å²) in [5, 5.41) is 4.73. The highest BCUT2D eigenvalue weighted by atomic mass is 32.2. The number of halogens is 2. The standard InChI is InChI=1S/C7H7F2NO2S/c1-4-2-5(13(10,11)12)3-6(8)7(4)9/h2-3H,1H3,(H2,10,11,12). The number of hydrogen-bond donors (Lipinski definition) is 1. The van der Waals surface area contributed by atoms with E-state index in [1.165, 1.54) is 6.92 Å². The largest absolute Gasteiger partial charge is 0.238 e. The van der Waals surface area contributed by atoms with Crippen molar-refractivity contribution in [2.75, 3.05) is 0 Å². The van der Waals surface area contributed by atoms with E-state index in [0.29, 0.717) is 6.07 Å². The molecule has 0 aliphatic carbocycles. The third kappa shape index (κ3) is 2.02. The minimum Gasteiger partial charge on any atom is -0.225 e. The average Bonchev–Trinajstić information content (AvgIpc) is 1.97. The number of hydrogen-bond acceptors (Lipinski definition) is 2. The van der Waals surface area contributed by atoms with Crippen LogP contribution < -0.4 is 5.14 Å². The van der Waals surface area contributed by atoms with Crippen molar-refractivity contribution >= 4 is 10.0 Å². The zero-order valence-electron chi connectivity index (χ0n) is 6.71. The third-order valence-electron chi connectivity index (χ3n) is 1.51. The maximum Gasteiger partial charge on any atom is 0.238 e. The Kier molecular flexibility index (Phi) is 2.36. The Bertz CT molecular complexity index is 419. The van der Waals surface area contributed by atoms with Gasteiger partial charge in [-0.1, -0.05) is 0 Å². The molecule has 0 aliphatic heterocycles. The van der Waals surface area contributed by atoms with Gasteiger partial charge in [-0.05, 0) is 24.6 Å². The molecule has 1 rings (SSSR count). The molecular weight excluding hydrogens is 200 g/mol. The molecule has 0 radical (unpaired) electrons. The molecule has 0 aliphatic rings.